The summed E-state index contributed by atoms with van der Waals surface area (Å²) in [6, 6.07) is 2.22. The Balaban J connectivity index is 2.55. The van der Waals surface area contributed by atoms with E-state index in [2.05, 4.69) is 24.4 Å². The van der Waals surface area contributed by atoms with Crippen LogP contribution in [0.5, 0.6) is 0 Å². The van der Waals surface area contributed by atoms with E-state index in [9.17, 15) is 0 Å². The monoisotopic (exact) mass is 136 g/mol. The zero-order valence-corrected chi connectivity index (χ0v) is 6.16. The Kier molecular flexibility index (Phi) is 0.995. The molecule has 0 fully saturated rings. The van der Waals surface area contributed by atoms with Crippen molar-refractivity contribution in [2.75, 3.05) is 0 Å². The third-order valence-electron chi connectivity index (χ3n) is 1.63. The minimum atomic E-state index is 1.18. The number of rotatable bonds is 0. The highest BCUT2D eigenvalue weighted by atomic mass is 32.1. The minimum absolute atomic E-state index is 1.18. The zero-order chi connectivity index (χ0) is 6.27. The predicted octanol–water partition coefficient (Wildman–Crippen LogP) is 2.71. The van der Waals surface area contributed by atoms with Crippen LogP contribution >= 0.6 is 11.3 Å². The molecule has 1 heteroatoms. The highest BCUT2D eigenvalue weighted by Crippen LogP contribution is 2.28. The van der Waals surface area contributed by atoms with E-state index in [-0.39, 0.29) is 0 Å². The van der Waals surface area contributed by atoms with Crippen molar-refractivity contribution in [3.05, 3.63) is 27.5 Å². The van der Waals surface area contributed by atoms with Crippen LogP contribution < -0.4 is 0 Å². The smallest absolute Gasteiger partial charge is 0.0305 e. The van der Waals surface area contributed by atoms with E-state index in [1.165, 1.54) is 22.4 Å². The summed E-state index contributed by atoms with van der Waals surface area (Å²) in [5, 5.41) is 2.16. The number of allylic oxidation sites excluding steroid dienone is 1. The first kappa shape index (κ1) is 5.24. The molecule has 0 nitrogen and oxygen atoms in total. The first-order valence-electron chi connectivity index (χ1n) is 3.10. The van der Waals surface area contributed by atoms with E-state index < -0.39 is 0 Å². The quantitative estimate of drug-likeness (QED) is 0.514. The molecule has 1 aromatic heterocycles. The molecular weight excluding hydrogens is 128 g/mol. The van der Waals surface area contributed by atoms with Gasteiger partial charge in [-0.25, -0.2) is 0 Å². The molecule has 1 aliphatic rings. The number of thiophene rings is 1. The Morgan fingerprint density at radius 1 is 1.56 bits per heavy atom. The van der Waals surface area contributed by atoms with Crippen molar-refractivity contribution in [1.82, 2.24) is 0 Å². The molecule has 0 saturated carbocycles. The Labute approximate surface area is 58.8 Å². The molecule has 0 spiro atoms. The van der Waals surface area contributed by atoms with E-state index in [4.69, 9.17) is 0 Å². The fraction of sp³-hybridized carbons (Fsp3) is 0.250. The molecule has 0 saturated heterocycles. The molecule has 0 aliphatic heterocycles. The SMILES string of the molecule is CC1=Cc2sccc2C1. The molecular formula is C8H8S. The Hall–Kier alpha value is -0.560. The van der Waals surface area contributed by atoms with Gasteiger partial charge in [-0.05, 0) is 36.4 Å². The lowest BCUT2D eigenvalue weighted by atomic mass is 10.2. The van der Waals surface area contributed by atoms with Gasteiger partial charge in [0.05, 0.1) is 0 Å². The van der Waals surface area contributed by atoms with Gasteiger partial charge < -0.3 is 0 Å². The van der Waals surface area contributed by atoms with Gasteiger partial charge in [0.25, 0.3) is 0 Å². The van der Waals surface area contributed by atoms with Crippen molar-refractivity contribution in [3.63, 3.8) is 0 Å². The van der Waals surface area contributed by atoms with Crippen LogP contribution in [0.4, 0.5) is 0 Å². The predicted molar refractivity (Wildman–Crippen MR) is 41.7 cm³/mol. The van der Waals surface area contributed by atoms with Gasteiger partial charge in [0, 0.05) is 4.88 Å². The highest BCUT2D eigenvalue weighted by Gasteiger charge is 2.08. The second-order valence-corrected chi connectivity index (χ2v) is 3.43. The fourth-order valence-electron chi connectivity index (χ4n) is 1.20. The van der Waals surface area contributed by atoms with E-state index in [0.29, 0.717) is 0 Å². The van der Waals surface area contributed by atoms with Gasteiger partial charge >= 0.3 is 0 Å². The largest absolute Gasteiger partial charge is 0.144 e. The molecule has 0 aromatic carbocycles. The summed E-state index contributed by atoms with van der Waals surface area (Å²) in [7, 11) is 0. The zero-order valence-electron chi connectivity index (χ0n) is 5.35. The Bertz CT molecular complexity index is 255. The molecule has 2 rings (SSSR count). The number of hydrogen-bond acceptors (Lipinski definition) is 1. The lowest BCUT2D eigenvalue weighted by Crippen LogP contribution is -1.73. The number of fused-ring (bicyclic) bond motifs is 1. The molecule has 46 valence electrons. The molecule has 1 heterocycles. The van der Waals surface area contributed by atoms with Crippen LogP contribution in [0.1, 0.15) is 17.4 Å². The van der Waals surface area contributed by atoms with Crippen LogP contribution in [-0.2, 0) is 6.42 Å². The summed E-state index contributed by atoms with van der Waals surface area (Å²) in [4.78, 5) is 1.47. The summed E-state index contributed by atoms with van der Waals surface area (Å²) in [6.07, 6.45) is 3.46. The van der Waals surface area contributed by atoms with Crippen molar-refractivity contribution < 1.29 is 0 Å². The fourth-order valence-corrected chi connectivity index (χ4v) is 2.13. The summed E-state index contributed by atoms with van der Waals surface area (Å²) >= 11 is 1.84. The van der Waals surface area contributed by atoms with Crippen LogP contribution in [0.3, 0.4) is 0 Å². The molecule has 0 unspecified atom stereocenters. The average Bonchev–Trinajstić information content (AvgIpc) is 2.22. The van der Waals surface area contributed by atoms with E-state index in [0.717, 1.165) is 0 Å². The summed E-state index contributed by atoms with van der Waals surface area (Å²) < 4.78 is 0. The van der Waals surface area contributed by atoms with Crippen molar-refractivity contribution in [2.24, 2.45) is 0 Å². The van der Waals surface area contributed by atoms with Gasteiger partial charge in [-0.15, -0.1) is 11.3 Å². The first-order chi connectivity index (χ1) is 4.36. The van der Waals surface area contributed by atoms with Crippen LogP contribution in [0, 0.1) is 0 Å². The van der Waals surface area contributed by atoms with Gasteiger partial charge in [-0.1, -0.05) is 5.57 Å². The van der Waals surface area contributed by atoms with E-state index in [1.54, 1.807) is 0 Å². The lowest BCUT2D eigenvalue weighted by molar-refractivity contribution is 1.21. The third kappa shape index (κ3) is 0.724. The molecule has 1 aliphatic carbocycles. The molecule has 0 radical (unpaired) electrons. The standard InChI is InChI=1S/C8H8S/c1-6-4-7-2-3-9-8(7)5-6/h2-3,5H,4H2,1H3. The Morgan fingerprint density at radius 3 is 3.22 bits per heavy atom. The van der Waals surface area contributed by atoms with E-state index in [1.807, 2.05) is 11.3 Å². The molecule has 0 atom stereocenters. The van der Waals surface area contributed by atoms with E-state index >= 15 is 0 Å². The summed E-state index contributed by atoms with van der Waals surface area (Å²) in [5.41, 5.74) is 3.01. The maximum absolute atomic E-state index is 2.28. The molecule has 0 N–H and O–H groups in total. The molecule has 0 bridgehead atoms. The van der Waals surface area contributed by atoms with Crippen molar-refractivity contribution in [1.29, 1.82) is 0 Å². The first-order valence-corrected chi connectivity index (χ1v) is 3.98. The average molecular weight is 136 g/mol. The van der Waals surface area contributed by atoms with Crippen LogP contribution in [0.15, 0.2) is 17.0 Å². The van der Waals surface area contributed by atoms with Gasteiger partial charge in [-0.2, -0.15) is 0 Å². The highest BCUT2D eigenvalue weighted by molar-refractivity contribution is 7.11. The summed E-state index contributed by atoms with van der Waals surface area (Å²) in [5.74, 6) is 0. The van der Waals surface area contributed by atoms with Crippen LogP contribution in [-0.4, -0.2) is 0 Å². The van der Waals surface area contributed by atoms with Crippen molar-refractivity contribution in [3.8, 4) is 0 Å². The number of hydrogen-bond donors (Lipinski definition) is 0. The maximum Gasteiger partial charge on any atom is 0.0305 e. The second-order valence-electron chi connectivity index (χ2n) is 2.48. The van der Waals surface area contributed by atoms with Gasteiger partial charge in [0.1, 0.15) is 0 Å². The Morgan fingerprint density at radius 2 is 2.44 bits per heavy atom. The van der Waals surface area contributed by atoms with Gasteiger partial charge in [0.2, 0.25) is 0 Å². The normalized spacial score (nSPS) is 15.4. The minimum Gasteiger partial charge on any atom is -0.144 e. The van der Waals surface area contributed by atoms with Crippen LogP contribution in [0.2, 0.25) is 0 Å². The third-order valence-corrected chi connectivity index (χ3v) is 2.53. The molecule has 1 aromatic rings. The van der Waals surface area contributed by atoms with Crippen LogP contribution in [0.25, 0.3) is 6.08 Å². The summed E-state index contributed by atoms with van der Waals surface area (Å²) in [6.45, 7) is 2.19. The van der Waals surface area contributed by atoms with Gasteiger partial charge in [0.15, 0.2) is 0 Å². The van der Waals surface area contributed by atoms with Gasteiger partial charge in [-0.3, -0.25) is 0 Å². The maximum atomic E-state index is 2.28. The lowest BCUT2D eigenvalue weighted by Gasteiger charge is -1.85. The second kappa shape index (κ2) is 1.71. The molecule has 0 amide bonds. The van der Waals surface area contributed by atoms with Crippen molar-refractivity contribution >= 4 is 17.4 Å². The topological polar surface area (TPSA) is 0 Å². The molecule has 9 heavy (non-hydrogen) atoms. The van der Waals surface area contributed by atoms with Crippen molar-refractivity contribution in [2.45, 2.75) is 13.3 Å².